The summed E-state index contributed by atoms with van der Waals surface area (Å²) in [6.07, 6.45) is 1.49. The van der Waals surface area contributed by atoms with E-state index in [1.807, 2.05) is 17.0 Å². The minimum atomic E-state index is -0.00406. The highest BCUT2D eigenvalue weighted by molar-refractivity contribution is 5.92. The summed E-state index contributed by atoms with van der Waals surface area (Å²) in [5, 5.41) is 3.03. The summed E-state index contributed by atoms with van der Waals surface area (Å²) in [5.74, 6) is 0.162. The van der Waals surface area contributed by atoms with Gasteiger partial charge in [0, 0.05) is 64.3 Å². The van der Waals surface area contributed by atoms with E-state index in [1.165, 1.54) is 5.56 Å². The van der Waals surface area contributed by atoms with Crippen molar-refractivity contribution in [2.75, 3.05) is 51.6 Å². The molecular weight excluding hydrogens is 328 g/mol. The van der Waals surface area contributed by atoms with Crippen molar-refractivity contribution in [1.29, 1.82) is 0 Å². The van der Waals surface area contributed by atoms with Crippen LogP contribution in [0.15, 0.2) is 24.3 Å². The second-order valence-corrected chi connectivity index (χ2v) is 7.55. The van der Waals surface area contributed by atoms with Gasteiger partial charge in [-0.15, -0.1) is 0 Å². The molecule has 2 amide bonds. The molecule has 2 aliphatic heterocycles. The Kier molecular flexibility index (Phi) is 6.27. The van der Waals surface area contributed by atoms with Gasteiger partial charge in [0.05, 0.1) is 0 Å². The number of piperazine rings is 1. The highest BCUT2D eigenvalue weighted by Gasteiger charge is 2.26. The summed E-state index contributed by atoms with van der Waals surface area (Å²) in [6, 6.07) is 8.20. The van der Waals surface area contributed by atoms with Gasteiger partial charge in [-0.05, 0) is 37.6 Å². The number of carbonyl (C=O) groups excluding carboxylic acids is 2. The predicted octanol–water partition coefficient (Wildman–Crippen LogP) is 1.63. The normalized spacial score (nSPS) is 20.2. The van der Waals surface area contributed by atoms with Gasteiger partial charge in [-0.25, -0.2) is 0 Å². The summed E-state index contributed by atoms with van der Waals surface area (Å²) < 4.78 is 0. The number of likely N-dealkylation sites (N-methyl/N-ethyl adjacent to an activating group) is 1. The van der Waals surface area contributed by atoms with Crippen LogP contribution < -0.4 is 5.32 Å². The number of piperidine rings is 1. The molecular formula is C20H30N4O2. The summed E-state index contributed by atoms with van der Waals surface area (Å²) >= 11 is 0. The van der Waals surface area contributed by atoms with Crippen LogP contribution in [0, 0.1) is 5.92 Å². The maximum atomic E-state index is 12.4. The molecule has 1 N–H and O–H groups in total. The van der Waals surface area contributed by atoms with Crippen LogP contribution in [0.3, 0.4) is 0 Å². The zero-order valence-electron chi connectivity index (χ0n) is 15.9. The third-order valence-corrected chi connectivity index (χ3v) is 5.53. The molecule has 6 heteroatoms. The van der Waals surface area contributed by atoms with Crippen LogP contribution in [0.1, 0.15) is 25.3 Å². The van der Waals surface area contributed by atoms with Crippen molar-refractivity contribution in [3.05, 3.63) is 29.8 Å². The molecule has 0 aliphatic carbocycles. The quantitative estimate of drug-likeness (QED) is 0.889. The second-order valence-electron chi connectivity index (χ2n) is 7.55. The number of rotatable bonds is 4. The van der Waals surface area contributed by atoms with Crippen LogP contribution in [0.4, 0.5) is 5.69 Å². The Morgan fingerprint density at radius 3 is 2.19 bits per heavy atom. The van der Waals surface area contributed by atoms with Gasteiger partial charge in [-0.2, -0.15) is 0 Å². The third kappa shape index (κ3) is 5.05. The number of amides is 2. The first-order valence-electron chi connectivity index (χ1n) is 9.57. The van der Waals surface area contributed by atoms with Gasteiger partial charge in [0.25, 0.3) is 0 Å². The van der Waals surface area contributed by atoms with E-state index in [4.69, 9.17) is 0 Å². The number of hydrogen-bond donors (Lipinski definition) is 1. The van der Waals surface area contributed by atoms with Gasteiger partial charge >= 0.3 is 0 Å². The minimum Gasteiger partial charge on any atom is -0.343 e. The molecule has 2 aliphatic rings. The fourth-order valence-corrected chi connectivity index (χ4v) is 3.66. The van der Waals surface area contributed by atoms with Gasteiger partial charge < -0.3 is 15.1 Å². The van der Waals surface area contributed by atoms with E-state index in [2.05, 4.69) is 34.3 Å². The summed E-state index contributed by atoms with van der Waals surface area (Å²) in [5.41, 5.74) is 2.13. The topological polar surface area (TPSA) is 55.9 Å². The van der Waals surface area contributed by atoms with Crippen molar-refractivity contribution in [3.8, 4) is 0 Å². The number of anilines is 1. The minimum absolute atomic E-state index is 0.00406. The molecule has 0 bridgehead atoms. The molecule has 0 spiro atoms. The lowest BCUT2D eigenvalue weighted by Crippen LogP contribution is -2.43. The van der Waals surface area contributed by atoms with Crippen LogP contribution in [-0.2, 0) is 16.1 Å². The molecule has 0 saturated carbocycles. The SMILES string of the molecule is CC(=O)N1CCC(C(=O)Nc2ccc(CN3CCN(C)CC3)cc2)CC1. The lowest BCUT2D eigenvalue weighted by molar-refractivity contribution is -0.132. The van der Waals surface area contributed by atoms with Gasteiger partial charge in [0.15, 0.2) is 0 Å². The van der Waals surface area contributed by atoms with E-state index >= 15 is 0 Å². The average Bonchev–Trinajstić information content (AvgIpc) is 2.65. The molecule has 142 valence electrons. The van der Waals surface area contributed by atoms with Crippen LogP contribution in [-0.4, -0.2) is 72.8 Å². The number of nitrogens with zero attached hydrogens (tertiary/aromatic N) is 3. The maximum Gasteiger partial charge on any atom is 0.227 e. The highest BCUT2D eigenvalue weighted by Crippen LogP contribution is 2.20. The summed E-state index contributed by atoms with van der Waals surface area (Å²) in [7, 11) is 2.17. The Labute approximate surface area is 156 Å². The van der Waals surface area contributed by atoms with Crippen molar-refractivity contribution >= 4 is 17.5 Å². The molecule has 2 heterocycles. The average molecular weight is 358 g/mol. The first-order valence-corrected chi connectivity index (χ1v) is 9.57. The first-order chi connectivity index (χ1) is 12.5. The number of carbonyl (C=O) groups is 2. The van der Waals surface area contributed by atoms with Gasteiger partial charge in [0.1, 0.15) is 0 Å². The fraction of sp³-hybridized carbons (Fsp3) is 0.600. The van der Waals surface area contributed by atoms with Crippen molar-refractivity contribution in [1.82, 2.24) is 14.7 Å². The standard InChI is InChI=1S/C20H30N4O2/c1-16(25)24-9-7-18(8-10-24)20(26)21-19-5-3-17(4-6-19)15-23-13-11-22(2)12-14-23/h3-6,18H,7-15H2,1-2H3,(H,21,26). The lowest BCUT2D eigenvalue weighted by atomic mass is 9.96. The van der Waals surface area contributed by atoms with Crippen molar-refractivity contribution in [2.45, 2.75) is 26.3 Å². The van der Waals surface area contributed by atoms with Crippen molar-refractivity contribution in [3.63, 3.8) is 0 Å². The molecule has 0 aromatic heterocycles. The van der Waals surface area contributed by atoms with Gasteiger partial charge in [0.2, 0.25) is 11.8 Å². The Balaban J connectivity index is 1.46. The Morgan fingerprint density at radius 2 is 1.62 bits per heavy atom. The van der Waals surface area contributed by atoms with Crippen molar-refractivity contribution < 1.29 is 9.59 Å². The molecule has 0 unspecified atom stereocenters. The molecule has 6 nitrogen and oxygen atoms in total. The van der Waals surface area contributed by atoms with Crippen LogP contribution in [0.2, 0.25) is 0 Å². The monoisotopic (exact) mass is 358 g/mol. The van der Waals surface area contributed by atoms with E-state index < -0.39 is 0 Å². The largest absolute Gasteiger partial charge is 0.343 e. The summed E-state index contributed by atoms with van der Waals surface area (Å²) in [6.45, 7) is 8.36. The molecule has 0 radical (unpaired) electrons. The molecule has 3 rings (SSSR count). The molecule has 1 aromatic carbocycles. The molecule has 2 saturated heterocycles. The first kappa shape index (κ1) is 18.9. The highest BCUT2D eigenvalue weighted by atomic mass is 16.2. The zero-order chi connectivity index (χ0) is 18.5. The van der Waals surface area contributed by atoms with E-state index in [0.717, 1.165) is 51.3 Å². The second kappa shape index (κ2) is 8.64. The predicted molar refractivity (Wildman–Crippen MR) is 103 cm³/mol. The van der Waals surface area contributed by atoms with E-state index in [0.29, 0.717) is 13.1 Å². The zero-order valence-corrected chi connectivity index (χ0v) is 15.9. The molecule has 2 fully saturated rings. The van der Waals surface area contributed by atoms with Crippen LogP contribution in [0.25, 0.3) is 0 Å². The molecule has 1 aromatic rings. The number of benzene rings is 1. The van der Waals surface area contributed by atoms with Crippen LogP contribution in [0.5, 0.6) is 0 Å². The van der Waals surface area contributed by atoms with Gasteiger partial charge in [-0.3, -0.25) is 14.5 Å². The lowest BCUT2D eigenvalue weighted by Gasteiger charge is -2.32. The van der Waals surface area contributed by atoms with Crippen LogP contribution >= 0.6 is 0 Å². The third-order valence-electron chi connectivity index (χ3n) is 5.53. The smallest absolute Gasteiger partial charge is 0.227 e. The fourth-order valence-electron chi connectivity index (χ4n) is 3.66. The Morgan fingerprint density at radius 1 is 1.00 bits per heavy atom. The van der Waals surface area contributed by atoms with E-state index in [-0.39, 0.29) is 17.7 Å². The number of nitrogens with one attached hydrogen (secondary N) is 1. The Bertz CT molecular complexity index is 615. The maximum absolute atomic E-state index is 12.4. The summed E-state index contributed by atoms with van der Waals surface area (Å²) in [4.78, 5) is 30.5. The van der Waals surface area contributed by atoms with E-state index in [1.54, 1.807) is 6.92 Å². The Hall–Kier alpha value is -1.92. The van der Waals surface area contributed by atoms with Crippen molar-refractivity contribution in [2.24, 2.45) is 5.92 Å². The van der Waals surface area contributed by atoms with Gasteiger partial charge in [-0.1, -0.05) is 12.1 Å². The van der Waals surface area contributed by atoms with E-state index in [9.17, 15) is 9.59 Å². The molecule has 26 heavy (non-hydrogen) atoms. The number of likely N-dealkylation sites (tertiary alicyclic amines) is 1. The molecule has 0 atom stereocenters. The number of hydrogen-bond acceptors (Lipinski definition) is 4.